The molecule has 1 aliphatic heterocycles. The molecule has 1 N–H and O–H groups in total. The van der Waals surface area contributed by atoms with E-state index in [4.69, 9.17) is 5.26 Å². The summed E-state index contributed by atoms with van der Waals surface area (Å²) in [4.78, 5) is 27.7. The van der Waals surface area contributed by atoms with Crippen molar-refractivity contribution >= 4 is 23.3 Å². The summed E-state index contributed by atoms with van der Waals surface area (Å²) < 4.78 is 0. The minimum absolute atomic E-state index is 0.0149. The lowest BCUT2D eigenvalue weighted by atomic mass is 10.2. The summed E-state index contributed by atoms with van der Waals surface area (Å²) in [6.45, 7) is 1.04. The van der Waals surface area contributed by atoms with Crippen LogP contribution in [-0.2, 0) is 4.79 Å². The maximum Gasteiger partial charge on any atom is 0.325 e. The Labute approximate surface area is 139 Å². The minimum Gasteiger partial charge on any atom is -0.325 e. The van der Waals surface area contributed by atoms with Crippen molar-refractivity contribution in [2.45, 2.75) is 0 Å². The molecule has 6 heteroatoms. The van der Waals surface area contributed by atoms with Gasteiger partial charge in [-0.2, -0.15) is 5.26 Å². The van der Waals surface area contributed by atoms with Crippen LogP contribution in [0.25, 0.3) is 0 Å². The molecule has 0 aliphatic carbocycles. The Morgan fingerprint density at radius 1 is 1.12 bits per heavy atom. The first-order valence-electron chi connectivity index (χ1n) is 7.59. The van der Waals surface area contributed by atoms with E-state index in [9.17, 15) is 9.59 Å². The van der Waals surface area contributed by atoms with Gasteiger partial charge in [-0.15, -0.1) is 0 Å². The summed E-state index contributed by atoms with van der Waals surface area (Å²) >= 11 is 0. The van der Waals surface area contributed by atoms with Gasteiger partial charge in [0.25, 0.3) is 0 Å². The molecule has 2 aromatic carbocycles. The first-order chi connectivity index (χ1) is 11.7. The Balaban J connectivity index is 1.61. The van der Waals surface area contributed by atoms with Gasteiger partial charge in [-0.1, -0.05) is 24.3 Å². The number of nitriles is 1. The molecule has 1 saturated heterocycles. The van der Waals surface area contributed by atoms with E-state index in [-0.39, 0.29) is 18.5 Å². The van der Waals surface area contributed by atoms with Gasteiger partial charge < -0.3 is 10.2 Å². The van der Waals surface area contributed by atoms with Crippen LogP contribution in [0.15, 0.2) is 54.6 Å². The fraction of sp³-hybridized carbons (Fsp3) is 0.167. The zero-order chi connectivity index (χ0) is 16.9. The monoisotopic (exact) mass is 320 g/mol. The zero-order valence-corrected chi connectivity index (χ0v) is 13.0. The number of carbonyl (C=O) groups is 2. The van der Waals surface area contributed by atoms with Gasteiger partial charge in [-0.25, -0.2) is 4.79 Å². The Morgan fingerprint density at radius 2 is 1.92 bits per heavy atom. The van der Waals surface area contributed by atoms with Crippen LogP contribution in [-0.4, -0.2) is 36.5 Å². The Kier molecular flexibility index (Phi) is 4.43. The minimum atomic E-state index is -0.284. The number of anilines is 2. The van der Waals surface area contributed by atoms with Gasteiger partial charge in [0.15, 0.2) is 0 Å². The molecule has 24 heavy (non-hydrogen) atoms. The number of benzene rings is 2. The molecule has 0 atom stereocenters. The summed E-state index contributed by atoms with van der Waals surface area (Å²) in [6, 6.07) is 17.9. The van der Waals surface area contributed by atoms with Gasteiger partial charge in [0.05, 0.1) is 11.6 Å². The number of nitrogens with one attached hydrogen (secondary N) is 1. The fourth-order valence-electron chi connectivity index (χ4n) is 2.62. The van der Waals surface area contributed by atoms with Crippen LogP contribution in [0.2, 0.25) is 0 Å². The second-order valence-corrected chi connectivity index (χ2v) is 5.43. The molecule has 120 valence electrons. The number of hydrogen-bond donors (Lipinski definition) is 1. The first-order valence-corrected chi connectivity index (χ1v) is 7.59. The molecule has 2 aromatic rings. The Hall–Kier alpha value is -3.33. The second kappa shape index (κ2) is 6.84. The van der Waals surface area contributed by atoms with Crippen molar-refractivity contribution in [3.63, 3.8) is 0 Å². The summed E-state index contributed by atoms with van der Waals surface area (Å²) in [5, 5.41) is 11.6. The molecule has 0 aromatic heterocycles. The predicted octanol–water partition coefficient (Wildman–Crippen LogP) is 2.44. The standard InChI is InChI=1S/C18H16N4O2/c19-12-14-5-4-6-15(11-14)20-17(23)13-21-9-10-22(18(21)24)16-7-2-1-3-8-16/h1-8,11H,9-10,13H2,(H,20,23). The molecule has 1 heterocycles. The van der Waals surface area contributed by atoms with Crippen LogP contribution in [0.1, 0.15) is 5.56 Å². The lowest BCUT2D eigenvalue weighted by Crippen LogP contribution is -2.37. The highest BCUT2D eigenvalue weighted by Crippen LogP contribution is 2.19. The van der Waals surface area contributed by atoms with Crippen LogP contribution >= 0.6 is 0 Å². The van der Waals surface area contributed by atoms with Gasteiger partial charge in [-0.05, 0) is 30.3 Å². The van der Waals surface area contributed by atoms with Crippen molar-refractivity contribution in [1.82, 2.24) is 4.90 Å². The number of para-hydroxylation sites is 1. The summed E-state index contributed by atoms with van der Waals surface area (Å²) in [5.41, 5.74) is 1.85. The van der Waals surface area contributed by atoms with Crippen molar-refractivity contribution in [1.29, 1.82) is 5.26 Å². The molecule has 0 saturated carbocycles. The van der Waals surface area contributed by atoms with Crippen LogP contribution < -0.4 is 10.2 Å². The van der Waals surface area contributed by atoms with Crippen LogP contribution in [0, 0.1) is 11.3 Å². The van der Waals surface area contributed by atoms with E-state index in [0.29, 0.717) is 24.3 Å². The molecule has 0 bridgehead atoms. The number of carbonyl (C=O) groups excluding carboxylic acids is 2. The Bertz CT molecular complexity index is 798. The molecule has 3 amide bonds. The second-order valence-electron chi connectivity index (χ2n) is 5.43. The van der Waals surface area contributed by atoms with Crippen molar-refractivity contribution in [2.75, 3.05) is 29.9 Å². The van der Waals surface area contributed by atoms with Crippen LogP contribution in [0.5, 0.6) is 0 Å². The average molecular weight is 320 g/mol. The molecular formula is C18H16N4O2. The predicted molar refractivity (Wildman–Crippen MR) is 90.5 cm³/mol. The molecule has 1 fully saturated rings. The van der Waals surface area contributed by atoms with Crippen LogP contribution in [0.4, 0.5) is 16.2 Å². The zero-order valence-electron chi connectivity index (χ0n) is 13.0. The third-order valence-corrected chi connectivity index (χ3v) is 3.77. The van der Waals surface area contributed by atoms with Gasteiger partial charge in [0.1, 0.15) is 6.54 Å². The Morgan fingerprint density at radius 3 is 2.67 bits per heavy atom. The highest BCUT2D eigenvalue weighted by atomic mass is 16.2. The summed E-state index contributed by atoms with van der Waals surface area (Å²) in [7, 11) is 0. The molecule has 0 radical (unpaired) electrons. The van der Waals surface area contributed by atoms with E-state index in [2.05, 4.69) is 5.32 Å². The average Bonchev–Trinajstić information content (AvgIpc) is 2.96. The number of rotatable bonds is 4. The fourth-order valence-corrected chi connectivity index (χ4v) is 2.62. The smallest absolute Gasteiger partial charge is 0.325 e. The molecule has 0 unspecified atom stereocenters. The van der Waals surface area contributed by atoms with Crippen molar-refractivity contribution in [2.24, 2.45) is 0 Å². The van der Waals surface area contributed by atoms with Crippen LogP contribution in [0.3, 0.4) is 0 Å². The van der Waals surface area contributed by atoms with Gasteiger partial charge >= 0.3 is 6.03 Å². The SMILES string of the molecule is N#Cc1cccc(NC(=O)CN2CCN(c3ccccc3)C2=O)c1. The number of amides is 3. The molecule has 3 rings (SSSR count). The number of nitrogens with zero attached hydrogens (tertiary/aromatic N) is 3. The van der Waals surface area contributed by atoms with E-state index in [0.717, 1.165) is 5.69 Å². The maximum atomic E-state index is 12.4. The van der Waals surface area contributed by atoms with E-state index < -0.39 is 0 Å². The van der Waals surface area contributed by atoms with Gasteiger partial charge in [-0.3, -0.25) is 9.69 Å². The topological polar surface area (TPSA) is 76.4 Å². The largest absolute Gasteiger partial charge is 0.325 e. The quantitative estimate of drug-likeness (QED) is 0.940. The van der Waals surface area contributed by atoms with E-state index in [1.165, 1.54) is 4.90 Å². The third kappa shape index (κ3) is 3.36. The summed E-state index contributed by atoms with van der Waals surface area (Å²) in [5.74, 6) is -0.284. The molecular weight excluding hydrogens is 304 g/mol. The third-order valence-electron chi connectivity index (χ3n) is 3.77. The number of urea groups is 1. The lowest BCUT2D eigenvalue weighted by Gasteiger charge is -2.18. The van der Waals surface area contributed by atoms with Gasteiger partial charge in [0, 0.05) is 24.5 Å². The van der Waals surface area contributed by atoms with E-state index in [1.54, 1.807) is 29.2 Å². The molecule has 1 aliphatic rings. The number of hydrogen-bond acceptors (Lipinski definition) is 3. The van der Waals surface area contributed by atoms with E-state index in [1.807, 2.05) is 36.4 Å². The highest BCUT2D eigenvalue weighted by molar-refractivity contribution is 5.99. The first kappa shape index (κ1) is 15.6. The maximum absolute atomic E-state index is 12.4. The van der Waals surface area contributed by atoms with Crippen molar-refractivity contribution in [3.8, 4) is 6.07 Å². The molecule has 0 spiro atoms. The summed E-state index contributed by atoms with van der Waals surface area (Å²) in [6.07, 6.45) is 0. The molecule has 6 nitrogen and oxygen atoms in total. The van der Waals surface area contributed by atoms with E-state index >= 15 is 0 Å². The highest BCUT2D eigenvalue weighted by Gasteiger charge is 2.30. The van der Waals surface area contributed by atoms with Crippen molar-refractivity contribution in [3.05, 3.63) is 60.2 Å². The normalized spacial score (nSPS) is 13.7. The van der Waals surface area contributed by atoms with Crippen molar-refractivity contribution < 1.29 is 9.59 Å². The van der Waals surface area contributed by atoms with Gasteiger partial charge in [0.2, 0.25) is 5.91 Å². The lowest BCUT2D eigenvalue weighted by molar-refractivity contribution is -0.116.